The van der Waals surface area contributed by atoms with Crippen LogP contribution in [0, 0.1) is 0 Å². The Morgan fingerprint density at radius 2 is 2.25 bits per heavy atom. The van der Waals surface area contributed by atoms with E-state index in [1.165, 1.54) is 0 Å². The first-order valence-corrected chi connectivity index (χ1v) is 3.87. The van der Waals surface area contributed by atoms with Crippen LogP contribution in [-0.2, 0) is 9.09 Å². The third kappa shape index (κ3) is 3.16. The summed E-state index contributed by atoms with van der Waals surface area (Å²) in [7, 11) is -2.29. The summed E-state index contributed by atoms with van der Waals surface area (Å²) in [5.74, 6) is 0. The van der Waals surface area contributed by atoms with Crippen molar-refractivity contribution in [3.8, 4) is 0 Å². The number of hydrogen-bond donors (Lipinski definition) is 2. The van der Waals surface area contributed by atoms with E-state index < -0.39 is 7.60 Å². The molecule has 5 heteroatoms. The SMILES string of the molecule is COP(=O)(O)CCO. The summed E-state index contributed by atoms with van der Waals surface area (Å²) >= 11 is 0. The van der Waals surface area contributed by atoms with E-state index >= 15 is 0 Å². The molecule has 1 unspecified atom stereocenters. The summed E-state index contributed by atoms with van der Waals surface area (Å²) in [4.78, 5) is 8.50. The van der Waals surface area contributed by atoms with E-state index in [1.54, 1.807) is 0 Å². The molecule has 0 aliphatic carbocycles. The highest BCUT2D eigenvalue weighted by Crippen LogP contribution is 2.39. The zero-order chi connectivity index (χ0) is 6.62. The largest absolute Gasteiger partial charge is 0.396 e. The van der Waals surface area contributed by atoms with Crippen molar-refractivity contribution >= 4 is 7.60 Å². The topological polar surface area (TPSA) is 66.8 Å². The third-order valence-electron chi connectivity index (χ3n) is 0.668. The lowest BCUT2D eigenvalue weighted by Gasteiger charge is -2.04. The molecule has 8 heavy (non-hydrogen) atoms. The second-order valence-electron chi connectivity index (χ2n) is 1.27. The van der Waals surface area contributed by atoms with Crippen molar-refractivity contribution in [2.75, 3.05) is 19.9 Å². The summed E-state index contributed by atoms with van der Waals surface area (Å²) in [5.41, 5.74) is 0. The van der Waals surface area contributed by atoms with Crippen molar-refractivity contribution < 1.29 is 19.1 Å². The standard InChI is InChI=1S/C3H9O4P/c1-7-8(5,6)3-2-4/h4H,2-3H2,1H3,(H,5,6). The molecule has 0 saturated carbocycles. The van der Waals surface area contributed by atoms with Gasteiger partial charge in [-0.25, -0.2) is 0 Å². The van der Waals surface area contributed by atoms with E-state index in [1.807, 2.05) is 0 Å². The molecule has 0 aromatic rings. The molecule has 0 aromatic heterocycles. The number of rotatable bonds is 3. The highest BCUT2D eigenvalue weighted by atomic mass is 31.2. The van der Waals surface area contributed by atoms with Crippen LogP contribution in [0.2, 0.25) is 0 Å². The molecule has 0 saturated heterocycles. The normalized spacial score (nSPS) is 17.9. The molecule has 0 radical (unpaired) electrons. The highest BCUT2D eigenvalue weighted by molar-refractivity contribution is 7.52. The maximum Gasteiger partial charge on any atom is 0.330 e. The van der Waals surface area contributed by atoms with E-state index in [9.17, 15) is 4.57 Å². The van der Waals surface area contributed by atoms with E-state index in [-0.39, 0.29) is 12.8 Å². The predicted molar refractivity (Wildman–Crippen MR) is 28.8 cm³/mol. The van der Waals surface area contributed by atoms with Gasteiger partial charge in [0, 0.05) is 7.11 Å². The maximum atomic E-state index is 10.4. The lowest BCUT2D eigenvalue weighted by atomic mass is 10.9. The van der Waals surface area contributed by atoms with Crippen LogP contribution in [0.4, 0.5) is 0 Å². The first-order chi connectivity index (χ1) is 3.62. The Balaban J connectivity index is 3.55. The van der Waals surface area contributed by atoms with Gasteiger partial charge in [0.05, 0.1) is 12.8 Å². The van der Waals surface area contributed by atoms with Gasteiger partial charge in [-0.05, 0) is 0 Å². The second kappa shape index (κ2) is 3.20. The van der Waals surface area contributed by atoms with E-state index in [0.29, 0.717) is 0 Å². The van der Waals surface area contributed by atoms with Crippen molar-refractivity contribution in [1.29, 1.82) is 0 Å². The minimum Gasteiger partial charge on any atom is -0.396 e. The molecule has 0 amide bonds. The Bertz CT molecular complexity index is 101. The van der Waals surface area contributed by atoms with E-state index in [2.05, 4.69) is 4.52 Å². The summed E-state index contributed by atoms with van der Waals surface area (Å²) in [6.45, 7) is -0.318. The Hall–Kier alpha value is 0.110. The molecular weight excluding hydrogens is 131 g/mol. The van der Waals surface area contributed by atoms with Crippen molar-refractivity contribution in [3.63, 3.8) is 0 Å². The Morgan fingerprint density at radius 1 is 1.75 bits per heavy atom. The average molecular weight is 140 g/mol. The molecule has 0 bridgehead atoms. The van der Waals surface area contributed by atoms with Gasteiger partial charge in [-0.3, -0.25) is 4.57 Å². The van der Waals surface area contributed by atoms with Crippen molar-refractivity contribution in [2.45, 2.75) is 0 Å². The maximum absolute atomic E-state index is 10.4. The van der Waals surface area contributed by atoms with Gasteiger partial charge in [0.2, 0.25) is 0 Å². The first kappa shape index (κ1) is 8.11. The molecule has 0 heterocycles. The van der Waals surface area contributed by atoms with Gasteiger partial charge in [-0.1, -0.05) is 0 Å². The molecule has 0 aromatic carbocycles. The smallest absolute Gasteiger partial charge is 0.330 e. The van der Waals surface area contributed by atoms with Crippen LogP contribution in [0.15, 0.2) is 0 Å². The van der Waals surface area contributed by atoms with Gasteiger partial charge >= 0.3 is 7.60 Å². The third-order valence-corrected chi connectivity index (χ3v) is 2.00. The van der Waals surface area contributed by atoms with Crippen LogP contribution in [0.1, 0.15) is 0 Å². The second-order valence-corrected chi connectivity index (χ2v) is 3.35. The quantitative estimate of drug-likeness (QED) is 0.533. The zero-order valence-electron chi connectivity index (χ0n) is 4.57. The summed E-state index contributed by atoms with van der Waals surface area (Å²) in [5, 5.41) is 8.12. The van der Waals surface area contributed by atoms with Crippen LogP contribution in [0.5, 0.6) is 0 Å². The fourth-order valence-electron chi connectivity index (χ4n) is 0.218. The molecule has 0 spiro atoms. The van der Waals surface area contributed by atoms with Crippen molar-refractivity contribution in [3.05, 3.63) is 0 Å². The van der Waals surface area contributed by atoms with Gasteiger partial charge in [0.25, 0.3) is 0 Å². The summed E-state index contributed by atoms with van der Waals surface area (Å²) in [6.07, 6.45) is -0.191. The number of aliphatic hydroxyl groups excluding tert-OH is 1. The van der Waals surface area contributed by atoms with Crippen LogP contribution in [0.3, 0.4) is 0 Å². The fourth-order valence-corrected chi connectivity index (χ4v) is 0.653. The minimum absolute atomic E-state index is 0.191. The predicted octanol–water partition coefficient (Wildman–Crippen LogP) is -0.190. The first-order valence-electron chi connectivity index (χ1n) is 2.11. The van der Waals surface area contributed by atoms with Crippen LogP contribution in [0.25, 0.3) is 0 Å². The lowest BCUT2D eigenvalue weighted by Crippen LogP contribution is -1.94. The Kier molecular flexibility index (Phi) is 3.24. The molecule has 4 nitrogen and oxygen atoms in total. The Labute approximate surface area is 47.6 Å². The van der Waals surface area contributed by atoms with E-state index in [4.69, 9.17) is 10.00 Å². The lowest BCUT2D eigenvalue weighted by molar-refractivity contribution is 0.280. The zero-order valence-corrected chi connectivity index (χ0v) is 5.47. The molecular formula is C3H9O4P. The molecule has 0 rings (SSSR count). The minimum atomic E-state index is -3.42. The van der Waals surface area contributed by atoms with E-state index in [0.717, 1.165) is 7.11 Å². The van der Waals surface area contributed by atoms with Crippen molar-refractivity contribution in [2.24, 2.45) is 0 Å². The summed E-state index contributed by atoms with van der Waals surface area (Å²) < 4.78 is 14.5. The van der Waals surface area contributed by atoms with Gasteiger partial charge in [-0.15, -0.1) is 0 Å². The fraction of sp³-hybridized carbons (Fsp3) is 1.00. The Morgan fingerprint density at radius 3 is 2.38 bits per heavy atom. The van der Waals surface area contributed by atoms with Gasteiger partial charge in [0.1, 0.15) is 0 Å². The molecule has 0 fully saturated rings. The molecule has 2 N–H and O–H groups in total. The average Bonchev–Trinajstić information content (AvgIpc) is 1.67. The van der Waals surface area contributed by atoms with Gasteiger partial charge < -0.3 is 14.5 Å². The van der Waals surface area contributed by atoms with Crippen LogP contribution in [-0.4, -0.2) is 29.9 Å². The molecule has 0 aliphatic rings. The number of aliphatic hydroxyl groups is 1. The van der Waals surface area contributed by atoms with Crippen molar-refractivity contribution in [1.82, 2.24) is 0 Å². The number of hydrogen-bond acceptors (Lipinski definition) is 3. The van der Waals surface area contributed by atoms with Crippen LogP contribution >= 0.6 is 7.60 Å². The highest BCUT2D eigenvalue weighted by Gasteiger charge is 2.14. The van der Waals surface area contributed by atoms with Gasteiger partial charge in [-0.2, -0.15) is 0 Å². The molecule has 50 valence electrons. The monoisotopic (exact) mass is 140 g/mol. The molecule has 1 atom stereocenters. The van der Waals surface area contributed by atoms with Gasteiger partial charge in [0.15, 0.2) is 0 Å². The van der Waals surface area contributed by atoms with Crippen LogP contribution < -0.4 is 0 Å². The molecule has 0 aliphatic heterocycles. The summed E-state index contributed by atoms with van der Waals surface area (Å²) in [6, 6.07) is 0.